The first-order valence-corrected chi connectivity index (χ1v) is 6.43. The lowest BCUT2D eigenvalue weighted by molar-refractivity contribution is -0.136. The van der Waals surface area contributed by atoms with Crippen molar-refractivity contribution in [3.8, 4) is 6.07 Å². The van der Waals surface area contributed by atoms with E-state index in [2.05, 4.69) is 6.07 Å². The van der Waals surface area contributed by atoms with Crippen molar-refractivity contribution in [3.63, 3.8) is 0 Å². The van der Waals surface area contributed by atoms with E-state index in [4.69, 9.17) is 10.4 Å². The normalized spacial score (nSPS) is 13.6. The number of carboxylic acids is 1. The zero-order valence-electron chi connectivity index (χ0n) is 9.67. The zero-order valence-corrected chi connectivity index (χ0v) is 10.5. The summed E-state index contributed by atoms with van der Waals surface area (Å²) in [5.74, 6) is -0.854. The molecule has 1 rings (SSSR count). The van der Waals surface area contributed by atoms with Crippen molar-refractivity contribution < 1.29 is 9.90 Å². The maximum Gasteiger partial charge on any atom is 0.317 e. The second kappa shape index (κ2) is 6.97. The molecule has 0 fully saturated rings. The molecule has 0 saturated heterocycles. The molecule has 90 valence electrons. The van der Waals surface area contributed by atoms with Gasteiger partial charge in [0.2, 0.25) is 0 Å². The largest absolute Gasteiger partial charge is 0.480 e. The van der Waals surface area contributed by atoms with E-state index >= 15 is 0 Å². The van der Waals surface area contributed by atoms with Crippen LogP contribution in [0, 0.1) is 11.3 Å². The Morgan fingerprint density at radius 3 is 2.59 bits per heavy atom. The lowest BCUT2D eigenvalue weighted by Gasteiger charge is -2.14. The van der Waals surface area contributed by atoms with E-state index in [0.717, 1.165) is 5.56 Å². The predicted octanol–water partition coefficient (Wildman–Crippen LogP) is 2.72. The van der Waals surface area contributed by atoms with Crippen LogP contribution in [0.25, 0.3) is 0 Å². The van der Waals surface area contributed by atoms with Crippen LogP contribution < -0.4 is 0 Å². The van der Waals surface area contributed by atoms with Crippen LogP contribution in [0.4, 0.5) is 0 Å². The van der Waals surface area contributed by atoms with Crippen LogP contribution >= 0.6 is 11.8 Å². The Kier molecular flexibility index (Phi) is 5.58. The molecular formula is C13H15NO2S. The van der Waals surface area contributed by atoms with Crippen molar-refractivity contribution >= 4 is 17.7 Å². The Morgan fingerprint density at radius 2 is 2.12 bits per heavy atom. The molecule has 3 nitrogen and oxygen atoms in total. The Labute approximate surface area is 105 Å². The van der Waals surface area contributed by atoms with E-state index in [9.17, 15) is 4.79 Å². The van der Waals surface area contributed by atoms with E-state index in [1.165, 1.54) is 11.8 Å². The zero-order chi connectivity index (χ0) is 12.7. The highest BCUT2D eigenvalue weighted by Gasteiger charge is 2.22. The van der Waals surface area contributed by atoms with Gasteiger partial charge in [0.25, 0.3) is 0 Å². The molecule has 1 aromatic rings. The highest BCUT2D eigenvalue weighted by Crippen LogP contribution is 2.23. The van der Waals surface area contributed by atoms with Crippen LogP contribution in [0.3, 0.4) is 0 Å². The van der Waals surface area contributed by atoms with E-state index in [-0.39, 0.29) is 5.25 Å². The van der Waals surface area contributed by atoms with Crippen LogP contribution in [-0.4, -0.2) is 21.6 Å². The molecule has 1 N–H and O–H groups in total. The van der Waals surface area contributed by atoms with Crippen LogP contribution in [0.15, 0.2) is 30.3 Å². The molecule has 0 amide bonds. The van der Waals surface area contributed by atoms with Crippen molar-refractivity contribution in [3.05, 3.63) is 35.9 Å². The lowest BCUT2D eigenvalue weighted by Crippen LogP contribution is -2.22. The highest BCUT2D eigenvalue weighted by molar-refractivity contribution is 8.01. The molecule has 0 radical (unpaired) electrons. The standard InChI is InChI=1S/C13H15NO2S/c1-2-11(9-14)17-12(13(15)16)8-10-6-4-3-5-7-10/h3-7,11-12H,2,8H2,1H3,(H,15,16). The second-order valence-corrected chi connectivity index (χ2v) is 5.09. The third kappa shape index (κ3) is 4.49. The monoisotopic (exact) mass is 249 g/mol. The number of thioether (sulfide) groups is 1. The quantitative estimate of drug-likeness (QED) is 0.842. The molecule has 0 saturated carbocycles. The summed E-state index contributed by atoms with van der Waals surface area (Å²) in [6, 6.07) is 11.6. The van der Waals surface area contributed by atoms with Gasteiger partial charge in [-0.15, -0.1) is 11.8 Å². The Morgan fingerprint density at radius 1 is 1.47 bits per heavy atom. The highest BCUT2D eigenvalue weighted by atomic mass is 32.2. The number of benzene rings is 1. The summed E-state index contributed by atoms with van der Waals surface area (Å²) in [5.41, 5.74) is 0.986. The molecule has 0 spiro atoms. The van der Waals surface area contributed by atoms with Gasteiger partial charge in [-0.1, -0.05) is 37.3 Å². The molecule has 1 aromatic carbocycles. The van der Waals surface area contributed by atoms with E-state index in [1.807, 2.05) is 37.3 Å². The second-order valence-electron chi connectivity index (χ2n) is 3.68. The lowest BCUT2D eigenvalue weighted by atomic mass is 10.1. The van der Waals surface area contributed by atoms with Crippen LogP contribution in [0.1, 0.15) is 18.9 Å². The van der Waals surface area contributed by atoms with E-state index < -0.39 is 11.2 Å². The minimum Gasteiger partial charge on any atom is -0.480 e. The number of rotatable bonds is 6. The summed E-state index contributed by atoms with van der Waals surface area (Å²) in [6.45, 7) is 1.89. The van der Waals surface area contributed by atoms with Crippen molar-refractivity contribution in [2.45, 2.75) is 30.3 Å². The third-order valence-corrected chi connectivity index (χ3v) is 3.85. The smallest absolute Gasteiger partial charge is 0.317 e. The Balaban J connectivity index is 2.68. The molecule has 0 aliphatic heterocycles. The van der Waals surface area contributed by atoms with Gasteiger partial charge in [0, 0.05) is 0 Å². The number of nitrogens with zero attached hydrogens (tertiary/aromatic N) is 1. The van der Waals surface area contributed by atoms with Gasteiger partial charge in [0.1, 0.15) is 5.25 Å². The third-order valence-electron chi connectivity index (χ3n) is 2.38. The van der Waals surface area contributed by atoms with Gasteiger partial charge in [-0.3, -0.25) is 4.79 Å². The fraction of sp³-hybridized carbons (Fsp3) is 0.385. The summed E-state index contributed by atoms with van der Waals surface area (Å²) in [6.07, 6.45) is 1.12. The maximum absolute atomic E-state index is 11.1. The Bertz CT molecular complexity index is 400. The van der Waals surface area contributed by atoms with Crippen molar-refractivity contribution in [1.82, 2.24) is 0 Å². The van der Waals surface area contributed by atoms with Crippen LogP contribution in [-0.2, 0) is 11.2 Å². The molecule has 2 unspecified atom stereocenters. The summed E-state index contributed by atoms with van der Waals surface area (Å²) < 4.78 is 0. The number of aliphatic carboxylic acids is 1. The van der Waals surface area contributed by atoms with Gasteiger partial charge in [-0.05, 0) is 18.4 Å². The summed E-state index contributed by atoms with van der Waals surface area (Å²) in [4.78, 5) is 11.1. The Hall–Kier alpha value is -1.47. The first kappa shape index (κ1) is 13.6. The SMILES string of the molecule is CCC(C#N)SC(Cc1ccccc1)C(=O)O. The molecule has 4 heteroatoms. The molecular weight excluding hydrogens is 234 g/mol. The summed E-state index contributed by atoms with van der Waals surface area (Å²) >= 11 is 1.23. The fourth-order valence-corrected chi connectivity index (χ4v) is 2.49. The number of hydrogen-bond acceptors (Lipinski definition) is 3. The number of hydrogen-bond donors (Lipinski definition) is 1. The number of nitriles is 1. The van der Waals surface area contributed by atoms with Gasteiger partial charge in [-0.25, -0.2) is 0 Å². The average Bonchev–Trinajstić information content (AvgIpc) is 2.35. The van der Waals surface area contributed by atoms with Crippen LogP contribution in [0.5, 0.6) is 0 Å². The van der Waals surface area contributed by atoms with Crippen LogP contribution in [0.2, 0.25) is 0 Å². The maximum atomic E-state index is 11.1. The molecule has 0 aliphatic carbocycles. The van der Waals surface area contributed by atoms with Crippen molar-refractivity contribution in [1.29, 1.82) is 5.26 Å². The van der Waals surface area contributed by atoms with Gasteiger partial charge >= 0.3 is 5.97 Å². The van der Waals surface area contributed by atoms with Gasteiger partial charge < -0.3 is 5.11 Å². The minimum absolute atomic E-state index is 0.250. The fourth-order valence-electron chi connectivity index (χ4n) is 1.44. The van der Waals surface area contributed by atoms with E-state index in [0.29, 0.717) is 12.8 Å². The van der Waals surface area contributed by atoms with E-state index in [1.54, 1.807) is 0 Å². The van der Waals surface area contributed by atoms with Gasteiger partial charge in [-0.2, -0.15) is 5.26 Å². The summed E-state index contributed by atoms with van der Waals surface area (Å²) in [5, 5.41) is 17.2. The molecule has 0 heterocycles. The van der Waals surface area contributed by atoms with Crippen molar-refractivity contribution in [2.75, 3.05) is 0 Å². The molecule has 0 aromatic heterocycles. The number of carboxylic acid groups (broad SMARTS) is 1. The summed E-state index contributed by atoms with van der Waals surface area (Å²) in [7, 11) is 0. The first-order chi connectivity index (χ1) is 8.17. The topological polar surface area (TPSA) is 61.1 Å². The molecule has 0 aliphatic rings. The predicted molar refractivity (Wildman–Crippen MR) is 68.9 cm³/mol. The van der Waals surface area contributed by atoms with Gasteiger partial charge in [0.05, 0.1) is 11.3 Å². The van der Waals surface area contributed by atoms with Gasteiger partial charge in [0.15, 0.2) is 0 Å². The molecule has 17 heavy (non-hydrogen) atoms. The van der Waals surface area contributed by atoms with Crippen molar-refractivity contribution in [2.24, 2.45) is 0 Å². The average molecular weight is 249 g/mol. The number of carbonyl (C=O) groups is 1. The molecule has 0 bridgehead atoms. The molecule has 2 atom stereocenters. The minimum atomic E-state index is -0.854. The first-order valence-electron chi connectivity index (χ1n) is 5.49.